The molecule has 1 aliphatic heterocycles. The summed E-state index contributed by atoms with van der Waals surface area (Å²) < 4.78 is 0. The molecule has 160 valence electrons. The van der Waals surface area contributed by atoms with E-state index < -0.39 is 17.1 Å². The standard InChI is InChI=1S/C22H20ClN3O4S/c1-14-6-8-15(9-7-14)20(28)25-13-19(27)24-10-11-26-21(29)18(31-22(26)30)12-16-4-2-3-5-17(16)23/h2-9,12H,10-11,13H2,1H3,(H,24,27)(H,25,28)/b18-12-. The Hall–Kier alpha value is -3.10. The van der Waals surface area contributed by atoms with Crippen molar-refractivity contribution in [2.24, 2.45) is 0 Å². The number of aryl methyl sites for hydroxylation is 1. The van der Waals surface area contributed by atoms with Crippen LogP contribution in [0, 0.1) is 6.92 Å². The zero-order chi connectivity index (χ0) is 22.4. The van der Waals surface area contributed by atoms with Crippen LogP contribution in [0.2, 0.25) is 5.02 Å². The van der Waals surface area contributed by atoms with Gasteiger partial charge in [-0.25, -0.2) is 0 Å². The summed E-state index contributed by atoms with van der Waals surface area (Å²) in [7, 11) is 0. The van der Waals surface area contributed by atoms with Gasteiger partial charge in [-0.1, -0.05) is 47.5 Å². The Kier molecular flexibility index (Phi) is 7.49. The van der Waals surface area contributed by atoms with Crippen LogP contribution in [0.4, 0.5) is 4.79 Å². The summed E-state index contributed by atoms with van der Waals surface area (Å²) in [5, 5.41) is 5.19. The molecular weight excluding hydrogens is 438 g/mol. The summed E-state index contributed by atoms with van der Waals surface area (Å²) in [6.07, 6.45) is 1.58. The van der Waals surface area contributed by atoms with Gasteiger partial charge in [-0.3, -0.25) is 24.1 Å². The maximum atomic E-state index is 12.5. The number of rotatable bonds is 7. The minimum Gasteiger partial charge on any atom is -0.353 e. The second-order valence-electron chi connectivity index (χ2n) is 6.75. The highest BCUT2D eigenvalue weighted by Gasteiger charge is 2.34. The first-order valence-corrected chi connectivity index (χ1v) is 10.7. The van der Waals surface area contributed by atoms with Gasteiger partial charge in [0.25, 0.3) is 17.1 Å². The Morgan fingerprint density at radius 2 is 1.77 bits per heavy atom. The van der Waals surface area contributed by atoms with Crippen molar-refractivity contribution in [2.75, 3.05) is 19.6 Å². The minimum absolute atomic E-state index is 0.0299. The molecular formula is C22H20ClN3O4S. The number of imide groups is 1. The number of halogens is 1. The molecule has 31 heavy (non-hydrogen) atoms. The first kappa shape index (κ1) is 22.6. The smallest absolute Gasteiger partial charge is 0.293 e. The van der Waals surface area contributed by atoms with Crippen LogP contribution in [-0.2, 0) is 9.59 Å². The van der Waals surface area contributed by atoms with Crippen molar-refractivity contribution in [1.29, 1.82) is 0 Å². The average Bonchev–Trinajstić information content (AvgIpc) is 3.01. The zero-order valence-corrected chi connectivity index (χ0v) is 18.3. The predicted octanol–water partition coefficient (Wildman–Crippen LogP) is 3.23. The van der Waals surface area contributed by atoms with Crippen LogP contribution in [0.1, 0.15) is 21.5 Å². The van der Waals surface area contributed by atoms with E-state index in [2.05, 4.69) is 10.6 Å². The molecule has 4 amide bonds. The highest BCUT2D eigenvalue weighted by Crippen LogP contribution is 2.33. The molecule has 1 heterocycles. The van der Waals surface area contributed by atoms with E-state index >= 15 is 0 Å². The number of amides is 4. The van der Waals surface area contributed by atoms with Crippen LogP contribution >= 0.6 is 23.4 Å². The second kappa shape index (κ2) is 10.3. The van der Waals surface area contributed by atoms with Crippen molar-refractivity contribution >= 4 is 52.4 Å². The molecule has 9 heteroatoms. The molecule has 0 bridgehead atoms. The number of benzene rings is 2. The van der Waals surface area contributed by atoms with Gasteiger partial charge in [0.1, 0.15) is 0 Å². The summed E-state index contributed by atoms with van der Waals surface area (Å²) >= 11 is 6.93. The lowest BCUT2D eigenvalue weighted by atomic mass is 10.1. The van der Waals surface area contributed by atoms with Crippen LogP contribution in [0.3, 0.4) is 0 Å². The summed E-state index contributed by atoms with van der Waals surface area (Å²) in [5.41, 5.74) is 2.14. The van der Waals surface area contributed by atoms with E-state index in [-0.39, 0.29) is 30.4 Å². The van der Waals surface area contributed by atoms with Crippen molar-refractivity contribution < 1.29 is 19.2 Å². The summed E-state index contributed by atoms with van der Waals surface area (Å²) in [5.74, 6) is -1.21. The molecule has 1 aliphatic rings. The lowest BCUT2D eigenvalue weighted by molar-refractivity contribution is -0.124. The molecule has 1 saturated heterocycles. The molecule has 7 nitrogen and oxygen atoms in total. The van der Waals surface area contributed by atoms with Crippen molar-refractivity contribution in [3.8, 4) is 0 Å². The fourth-order valence-electron chi connectivity index (χ4n) is 2.76. The minimum atomic E-state index is -0.433. The average molecular weight is 458 g/mol. The lowest BCUT2D eigenvalue weighted by Gasteiger charge is -2.13. The Labute approximate surface area is 188 Å². The lowest BCUT2D eigenvalue weighted by Crippen LogP contribution is -2.41. The maximum absolute atomic E-state index is 12.5. The molecule has 0 aromatic heterocycles. The number of carbonyl (C=O) groups is 4. The van der Waals surface area contributed by atoms with Crippen molar-refractivity contribution in [3.63, 3.8) is 0 Å². The van der Waals surface area contributed by atoms with Gasteiger partial charge in [0, 0.05) is 23.7 Å². The van der Waals surface area contributed by atoms with E-state index in [1.165, 1.54) is 0 Å². The highest BCUT2D eigenvalue weighted by molar-refractivity contribution is 8.18. The normalized spacial score (nSPS) is 14.8. The number of nitrogens with one attached hydrogen (secondary N) is 2. The van der Waals surface area contributed by atoms with Crippen LogP contribution < -0.4 is 10.6 Å². The number of hydrogen-bond donors (Lipinski definition) is 2. The van der Waals surface area contributed by atoms with Gasteiger partial charge in [0.05, 0.1) is 11.4 Å². The molecule has 2 aromatic rings. The third-order valence-corrected chi connectivity index (χ3v) is 5.70. The number of thioether (sulfide) groups is 1. The van der Waals surface area contributed by atoms with E-state index in [0.717, 1.165) is 22.2 Å². The summed E-state index contributed by atoms with van der Waals surface area (Å²) in [6, 6.07) is 14.0. The number of nitrogens with zero attached hydrogens (tertiary/aromatic N) is 1. The van der Waals surface area contributed by atoms with Gasteiger partial charge in [-0.05, 0) is 48.5 Å². The van der Waals surface area contributed by atoms with Crippen LogP contribution in [0.5, 0.6) is 0 Å². The van der Waals surface area contributed by atoms with Gasteiger partial charge >= 0.3 is 0 Å². The van der Waals surface area contributed by atoms with Gasteiger partial charge in [-0.2, -0.15) is 0 Å². The van der Waals surface area contributed by atoms with E-state index in [0.29, 0.717) is 16.1 Å². The molecule has 2 N–H and O–H groups in total. The molecule has 3 rings (SSSR count). The quantitative estimate of drug-likeness (QED) is 0.622. The molecule has 0 atom stereocenters. The SMILES string of the molecule is Cc1ccc(C(=O)NCC(=O)NCCN2C(=O)S/C(=C\c3ccccc3Cl)C2=O)cc1. The molecule has 0 spiro atoms. The molecule has 2 aromatic carbocycles. The Morgan fingerprint density at radius 1 is 1.06 bits per heavy atom. The van der Waals surface area contributed by atoms with Gasteiger partial charge in [0.15, 0.2) is 0 Å². The molecule has 0 unspecified atom stereocenters. The zero-order valence-electron chi connectivity index (χ0n) is 16.7. The van der Waals surface area contributed by atoms with E-state index in [4.69, 9.17) is 11.6 Å². The molecule has 0 radical (unpaired) electrons. The summed E-state index contributed by atoms with van der Waals surface area (Å²) in [4.78, 5) is 50.0. The number of carbonyl (C=O) groups excluding carboxylic acids is 4. The Morgan fingerprint density at radius 3 is 2.48 bits per heavy atom. The Balaban J connectivity index is 1.46. The van der Waals surface area contributed by atoms with E-state index in [1.807, 2.05) is 19.1 Å². The molecule has 0 aliphatic carbocycles. The third-order valence-electron chi connectivity index (χ3n) is 4.45. The van der Waals surface area contributed by atoms with Gasteiger partial charge in [-0.15, -0.1) is 0 Å². The van der Waals surface area contributed by atoms with Crippen LogP contribution in [-0.4, -0.2) is 47.5 Å². The fraction of sp³-hybridized carbons (Fsp3) is 0.182. The van der Waals surface area contributed by atoms with Crippen molar-refractivity contribution in [2.45, 2.75) is 6.92 Å². The van der Waals surface area contributed by atoms with Crippen LogP contribution in [0.25, 0.3) is 6.08 Å². The van der Waals surface area contributed by atoms with Gasteiger partial charge < -0.3 is 10.6 Å². The fourth-order valence-corrected chi connectivity index (χ4v) is 3.81. The van der Waals surface area contributed by atoms with Crippen molar-refractivity contribution in [1.82, 2.24) is 15.5 Å². The maximum Gasteiger partial charge on any atom is 0.293 e. The van der Waals surface area contributed by atoms with Gasteiger partial charge in [0.2, 0.25) is 5.91 Å². The van der Waals surface area contributed by atoms with E-state index in [9.17, 15) is 19.2 Å². The molecule has 0 saturated carbocycles. The topological polar surface area (TPSA) is 95.6 Å². The first-order chi connectivity index (χ1) is 14.8. The summed E-state index contributed by atoms with van der Waals surface area (Å²) in [6.45, 7) is 1.82. The van der Waals surface area contributed by atoms with Crippen molar-refractivity contribution in [3.05, 3.63) is 75.1 Å². The van der Waals surface area contributed by atoms with Crippen LogP contribution in [0.15, 0.2) is 53.4 Å². The largest absolute Gasteiger partial charge is 0.353 e. The third kappa shape index (κ3) is 5.96. The highest BCUT2D eigenvalue weighted by atomic mass is 35.5. The van der Waals surface area contributed by atoms with E-state index in [1.54, 1.807) is 42.5 Å². The predicted molar refractivity (Wildman–Crippen MR) is 121 cm³/mol. The second-order valence-corrected chi connectivity index (χ2v) is 8.15. The number of hydrogen-bond acceptors (Lipinski definition) is 5. The first-order valence-electron chi connectivity index (χ1n) is 9.46. The monoisotopic (exact) mass is 457 g/mol. The molecule has 1 fully saturated rings. The Bertz CT molecular complexity index is 1050.